The highest BCUT2D eigenvalue weighted by Crippen LogP contribution is 2.36. The van der Waals surface area contributed by atoms with Gasteiger partial charge in [0.25, 0.3) is 11.8 Å². The van der Waals surface area contributed by atoms with Crippen LogP contribution in [0.2, 0.25) is 0 Å². The largest absolute Gasteiger partial charge is 0.494 e. The Morgan fingerprint density at radius 3 is 2.19 bits per heavy atom. The van der Waals surface area contributed by atoms with Crippen molar-refractivity contribution in [1.29, 1.82) is 0 Å². The summed E-state index contributed by atoms with van der Waals surface area (Å²) < 4.78 is 32.7. The Labute approximate surface area is 179 Å². The molecule has 2 aliphatic heterocycles. The van der Waals surface area contributed by atoms with Crippen LogP contribution in [-0.4, -0.2) is 61.4 Å². The van der Waals surface area contributed by atoms with Crippen molar-refractivity contribution in [3.63, 3.8) is 0 Å². The maximum atomic E-state index is 13.9. The van der Waals surface area contributed by atoms with Crippen molar-refractivity contribution in [1.82, 2.24) is 9.80 Å². The van der Waals surface area contributed by atoms with Crippen LogP contribution in [0, 0.1) is 11.6 Å². The SMILES string of the molecule is CCOc1ccc(C2=C(N3CCN(C)CC3)C(=O)N(c3ccc(F)c(F)c3)C2=O)cc1. The summed E-state index contributed by atoms with van der Waals surface area (Å²) in [5.41, 5.74) is 1.11. The Balaban J connectivity index is 1.78. The molecular weight excluding hydrogens is 404 g/mol. The molecule has 8 heteroatoms. The zero-order valence-corrected chi connectivity index (χ0v) is 17.4. The fourth-order valence-electron chi connectivity index (χ4n) is 3.84. The highest BCUT2D eigenvalue weighted by Gasteiger charge is 2.43. The summed E-state index contributed by atoms with van der Waals surface area (Å²) in [6, 6.07) is 9.96. The van der Waals surface area contributed by atoms with Crippen molar-refractivity contribution in [2.24, 2.45) is 0 Å². The molecule has 0 N–H and O–H groups in total. The van der Waals surface area contributed by atoms with E-state index in [0.717, 1.165) is 30.1 Å². The summed E-state index contributed by atoms with van der Waals surface area (Å²) in [6.45, 7) is 5.03. The Morgan fingerprint density at radius 2 is 1.58 bits per heavy atom. The predicted molar refractivity (Wildman–Crippen MR) is 112 cm³/mol. The predicted octanol–water partition coefficient (Wildman–Crippen LogP) is 2.90. The number of imide groups is 1. The van der Waals surface area contributed by atoms with Gasteiger partial charge in [0.2, 0.25) is 0 Å². The minimum absolute atomic E-state index is 0.00136. The molecule has 2 amide bonds. The third kappa shape index (κ3) is 3.90. The van der Waals surface area contributed by atoms with Gasteiger partial charge >= 0.3 is 0 Å². The van der Waals surface area contributed by atoms with Gasteiger partial charge in [-0.2, -0.15) is 0 Å². The van der Waals surface area contributed by atoms with Crippen LogP contribution in [0.1, 0.15) is 12.5 Å². The molecule has 4 rings (SSSR count). The van der Waals surface area contributed by atoms with Crippen LogP contribution in [0.3, 0.4) is 0 Å². The second-order valence-corrected chi connectivity index (χ2v) is 7.52. The number of likely N-dealkylation sites (N-methyl/N-ethyl adjacent to an activating group) is 1. The highest BCUT2D eigenvalue weighted by molar-refractivity contribution is 6.45. The van der Waals surface area contributed by atoms with E-state index in [2.05, 4.69) is 4.90 Å². The number of hydrogen-bond donors (Lipinski definition) is 0. The summed E-state index contributed by atoms with van der Waals surface area (Å²) in [5, 5.41) is 0. The number of carbonyl (C=O) groups is 2. The molecule has 0 radical (unpaired) electrons. The molecule has 162 valence electrons. The zero-order valence-electron chi connectivity index (χ0n) is 17.4. The van der Waals surface area contributed by atoms with E-state index in [9.17, 15) is 18.4 Å². The number of benzene rings is 2. The minimum Gasteiger partial charge on any atom is -0.494 e. The summed E-state index contributed by atoms with van der Waals surface area (Å²) in [6.07, 6.45) is 0. The van der Waals surface area contributed by atoms with Gasteiger partial charge < -0.3 is 14.5 Å². The second kappa shape index (κ2) is 8.47. The van der Waals surface area contributed by atoms with E-state index < -0.39 is 23.4 Å². The Hall–Kier alpha value is -3.26. The molecule has 0 spiro atoms. The highest BCUT2D eigenvalue weighted by atomic mass is 19.2. The summed E-state index contributed by atoms with van der Waals surface area (Å²) in [7, 11) is 1.99. The molecule has 6 nitrogen and oxygen atoms in total. The van der Waals surface area contributed by atoms with Crippen LogP contribution in [0.4, 0.5) is 14.5 Å². The number of piperazine rings is 1. The minimum atomic E-state index is -1.12. The molecule has 31 heavy (non-hydrogen) atoms. The first-order chi connectivity index (χ1) is 14.9. The molecule has 0 aliphatic carbocycles. The van der Waals surface area contributed by atoms with Gasteiger partial charge in [0.05, 0.1) is 17.9 Å². The third-order valence-electron chi connectivity index (χ3n) is 5.49. The third-order valence-corrected chi connectivity index (χ3v) is 5.49. The standard InChI is InChI=1S/C23H23F2N3O3/c1-3-31-17-7-4-15(5-8-17)20-21(27-12-10-26(2)11-13-27)23(30)28(22(20)29)16-6-9-18(24)19(25)14-16/h4-9,14H,3,10-13H2,1-2H3. The van der Waals surface area contributed by atoms with Gasteiger partial charge in [-0.1, -0.05) is 12.1 Å². The Bertz CT molecular complexity index is 1040. The van der Waals surface area contributed by atoms with Crippen LogP contribution in [0.15, 0.2) is 48.2 Å². The van der Waals surface area contributed by atoms with Gasteiger partial charge in [0.15, 0.2) is 11.6 Å². The molecule has 2 aromatic carbocycles. The van der Waals surface area contributed by atoms with Gasteiger partial charge in [-0.3, -0.25) is 9.59 Å². The lowest BCUT2D eigenvalue weighted by Crippen LogP contribution is -2.46. The maximum Gasteiger partial charge on any atom is 0.282 e. The molecule has 0 aromatic heterocycles. The monoisotopic (exact) mass is 427 g/mol. The normalized spacial score (nSPS) is 17.7. The maximum absolute atomic E-state index is 13.9. The van der Waals surface area contributed by atoms with Gasteiger partial charge in [-0.15, -0.1) is 0 Å². The number of anilines is 1. The summed E-state index contributed by atoms with van der Waals surface area (Å²) >= 11 is 0. The van der Waals surface area contributed by atoms with Gasteiger partial charge in [-0.25, -0.2) is 13.7 Å². The first-order valence-electron chi connectivity index (χ1n) is 10.2. The van der Waals surface area contributed by atoms with Gasteiger partial charge in [0.1, 0.15) is 11.4 Å². The van der Waals surface area contributed by atoms with Crippen molar-refractivity contribution in [3.8, 4) is 5.75 Å². The molecule has 0 atom stereocenters. The average Bonchev–Trinajstić information content (AvgIpc) is 3.02. The van der Waals surface area contributed by atoms with Crippen molar-refractivity contribution in [2.45, 2.75) is 6.92 Å². The number of nitrogens with zero attached hydrogens (tertiary/aromatic N) is 3. The van der Waals surface area contributed by atoms with Gasteiger partial charge in [0, 0.05) is 32.2 Å². The number of rotatable bonds is 5. The molecule has 2 aliphatic rings. The lowest BCUT2D eigenvalue weighted by atomic mass is 10.0. The first-order valence-corrected chi connectivity index (χ1v) is 10.2. The van der Waals surface area contributed by atoms with Crippen molar-refractivity contribution in [2.75, 3.05) is 44.7 Å². The van der Waals surface area contributed by atoms with E-state index in [0.29, 0.717) is 31.0 Å². The van der Waals surface area contributed by atoms with E-state index >= 15 is 0 Å². The zero-order chi connectivity index (χ0) is 22.1. The summed E-state index contributed by atoms with van der Waals surface area (Å²) in [4.78, 5) is 31.8. The Kier molecular flexibility index (Phi) is 5.73. The molecular formula is C23H23F2N3O3. The number of amides is 2. The molecule has 2 heterocycles. The summed E-state index contributed by atoms with van der Waals surface area (Å²) in [5.74, 6) is -2.60. The molecule has 1 saturated heterocycles. The fourth-order valence-corrected chi connectivity index (χ4v) is 3.84. The van der Waals surface area contributed by atoms with E-state index in [-0.39, 0.29) is 17.0 Å². The van der Waals surface area contributed by atoms with Crippen molar-refractivity contribution in [3.05, 3.63) is 65.4 Å². The molecule has 1 fully saturated rings. The molecule has 0 bridgehead atoms. The molecule has 2 aromatic rings. The lowest BCUT2D eigenvalue weighted by Gasteiger charge is -2.34. The van der Waals surface area contributed by atoms with Crippen molar-refractivity contribution >= 4 is 23.1 Å². The average molecular weight is 427 g/mol. The fraction of sp³-hybridized carbons (Fsp3) is 0.304. The van der Waals surface area contributed by atoms with Crippen molar-refractivity contribution < 1.29 is 23.1 Å². The van der Waals surface area contributed by atoms with E-state index in [1.165, 1.54) is 6.07 Å². The van der Waals surface area contributed by atoms with Crippen LogP contribution >= 0.6 is 0 Å². The number of halogens is 2. The lowest BCUT2D eigenvalue weighted by molar-refractivity contribution is -0.120. The topological polar surface area (TPSA) is 53.1 Å². The van der Waals surface area contributed by atoms with Crippen LogP contribution in [-0.2, 0) is 9.59 Å². The molecule has 0 saturated carbocycles. The van der Waals surface area contributed by atoms with E-state index in [4.69, 9.17) is 4.74 Å². The second-order valence-electron chi connectivity index (χ2n) is 7.52. The van der Waals surface area contributed by atoms with Crippen LogP contribution < -0.4 is 9.64 Å². The number of carbonyl (C=O) groups excluding carboxylic acids is 2. The van der Waals surface area contributed by atoms with E-state index in [1.54, 1.807) is 24.3 Å². The Morgan fingerprint density at radius 1 is 0.903 bits per heavy atom. The smallest absolute Gasteiger partial charge is 0.282 e. The van der Waals surface area contributed by atoms with E-state index in [1.807, 2.05) is 18.9 Å². The van der Waals surface area contributed by atoms with Crippen LogP contribution in [0.5, 0.6) is 5.75 Å². The number of ether oxygens (including phenoxy) is 1. The van der Waals surface area contributed by atoms with Gasteiger partial charge in [-0.05, 0) is 43.8 Å². The quantitative estimate of drug-likeness (QED) is 0.687. The number of hydrogen-bond acceptors (Lipinski definition) is 5. The first kappa shape index (κ1) is 21.0. The molecule has 0 unspecified atom stereocenters. The van der Waals surface area contributed by atoms with Crippen LogP contribution in [0.25, 0.3) is 5.57 Å².